The molecule has 0 atom stereocenters. The number of allylic oxidation sites excluding steroid dienone is 1. The van der Waals surface area contributed by atoms with Gasteiger partial charge in [0.15, 0.2) is 0 Å². The number of carbonyl (C=O) groups is 2. The Morgan fingerprint density at radius 2 is 1.68 bits per heavy atom. The van der Waals surface area contributed by atoms with Gasteiger partial charge in [0, 0.05) is 10.8 Å². The van der Waals surface area contributed by atoms with Gasteiger partial charge in [-0.05, 0) is 29.8 Å². The summed E-state index contributed by atoms with van der Waals surface area (Å²) >= 11 is 6.12. The molecule has 0 unspecified atom stereocenters. The molecular weight excluding hydrogens is 268 g/mol. The highest BCUT2D eigenvalue weighted by molar-refractivity contribution is 6.54. The summed E-state index contributed by atoms with van der Waals surface area (Å²) in [4.78, 5) is 23.2. The highest BCUT2D eigenvalue weighted by atomic mass is 35.5. The minimum absolute atomic E-state index is 0.0244. The monoisotopic (exact) mass is 274 g/mol. The van der Waals surface area contributed by atoms with Crippen LogP contribution in [0.25, 0.3) is 16.8 Å². The molecule has 0 saturated heterocycles. The Morgan fingerprint density at radius 3 is 2.42 bits per heavy atom. The van der Waals surface area contributed by atoms with Crippen molar-refractivity contribution in [2.45, 2.75) is 0 Å². The van der Waals surface area contributed by atoms with Gasteiger partial charge in [-0.2, -0.15) is 0 Å². The van der Waals surface area contributed by atoms with Crippen LogP contribution in [0.5, 0.6) is 11.5 Å². The summed E-state index contributed by atoms with van der Waals surface area (Å²) < 4.78 is 0. The number of halogens is 1. The van der Waals surface area contributed by atoms with Crippen LogP contribution in [-0.4, -0.2) is 21.8 Å². The van der Waals surface area contributed by atoms with Gasteiger partial charge in [-0.15, -0.1) is 0 Å². The van der Waals surface area contributed by atoms with E-state index in [-0.39, 0.29) is 27.5 Å². The van der Waals surface area contributed by atoms with Gasteiger partial charge in [0.1, 0.15) is 11.5 Å². The van der Waals surface area contributed by atoms with Crippen molar-refractivity contribution in [3.63, 3.8) is 0 Å². The van der Waals surface area contributed by atoms with E-state index in [1.165, 1.54) is 24.3 Å². The largest absolute Gasteiger partial charge is 0.507 e. The molecule has 0 fully saturated rings. The molecule has 2 aromatic carbocycles. The van der Waals surface area contributed by atoms with Crippen LogP contribution in [-0.2, 0) is 4.79 Å². The van der Waals surface area contributed by atoms with Crippen molar-refractivity contribution in [1.82, 2.24) is 0 Å². The van der Waals surface area contributed by atoms with E-state index in [0.29, 0.717) is 10.9 Å². The first-order chi connectivity index (χ1) is 9.00. The normalized spacial score (nSPS) is 13.9. The highest BCUT2D eigenvalue weighted by Crippen LogP contribution is 2.41. The molecule has 94 valence electrons. The van der Waals surface area contributed by atoms with E-state index >= 15 is 0 Å². The Balaban J connectivity index is 2.52. The summed E-state index contributed by atoms with van der Waals surface area (Å²) in [5.74, 6) is -1.59. The van der Waals surface area contributed by atoms with E-state index in [1.54, 1.807) is 0 Å². The van der Waals surface area contributed by atoms with Crippen LogP contribution in [0.3, 0.4) is 0 Å². The third kappa shape index (κ3) is 1.54. The molecule has 2 N–H and O–H groups in total. The zero-order valence-corrected chi connectivity index (χ0v) is 10.2. The second-order valence-corrected chi connectivity index (χ2v) is 4.59. The number of benzene rings is 2. The molecule has 19 heavy (non-hydrogen) atoms. The number of hydrogen-bond donors (Lipinski definition) is 2. The van der Waals surface area contributed by atoms with Crippen molar-refractivity contribution in [1.29, 1.82) is 0 Å². The molecule has 4 nitrogen and oxygen atoms in total. The Morgan fingerprint density at radius 1 is 1.00 bits per heavy atom. The minimum Gasteiger partial charge on any atom is -0.507 e. The molecule has 0 saturated carbocycles. The predicted molar refractivity (Wildman–Crippen MR) is 70.7 cm³/mol. The first kappa shape index (κ1) is 11.7. The van der Waals surface area contributed by atoms with E-state index in [0.717, 1.165) is 6.08 Å². The molecule has 0 aliphatic heterocycles. The second-order valence-electron chi connectivity index (χ2n) is 4.21. The number of fused-ring (bicyclic) bond motifs is 2. The van der Waals surface area contributed by atoms with E-state index in [9.17, 15) is 19.8 Å². The van der Waals surface area contributed by atoms with E-state index < -0.39 is 11.6 Å². The maximum absolute atomic E-state index is 11.8. The smallest absolute Gasteiger partial charge is 0.235 e. The summed E-state index contributed by atoms with van der Waals surface area (Å²) in [6.07, 6.45) is 2.63. The maximum Gasteiger partial charge on any atom is 0.235 e. The first-order valence-corrected chi connectivity index (χ1v) is 5.82. The second kappa shape index (κ2) is 3.83. The molecule has 1 aliphatic carbocycles. The molecule has 0 bridgehead atoms. The van der Waals surface area contributed by atoms with Gasteiger partial charge in [-0.3, -0.25) is 9.59 Å². The maximum atomic E-state index is 11.8. The zero-order chi connectivity index (χ0) is 13.7. The van der Waals surface area contributed by atoms with Crippen molar-refractivity contribution in [3.05, 3.63) is 40.4 Å². The summed E-state index contributed by atoms with van der Waals surface area (Å²) in [6.45, 7) is 0. The topological polar surface area (TPSA) is 74.6 Å². The van der Waals surface area contributed by atoms with Crippen molar-refractivity contribution < 1.29 is 19.8 Å². The summed E-state index contributed by atoms with van der Waals surface area (Å²) in [6, 6.07) is 4.13. The van der Waals surface area contributed by atoms with Gasteiger partial charge in [-0.25, -0.2) is 0 Å². The Bertz CT molecular complexity index is 790. The lowest BCUT2D eigenvalue weighted by Gasteiger charge is -2.14. The molecule has 1 aliphatic rings. The van der Waals surface area contributed by atoms with Gasteiger partial charge >= 0.3 is 0 Å². The number of hydrogen-bond acceptors (Lipinski definition) is 4. The van der Waals surface area contributed by atoms with Gasteiger partial charge in [0.05, 0.1) is 10.6 Å². The quantitative estimate of drug-likeness (QED) is 0.572. The Labute approximate surface area is 112 Å². The number of ketones is 2. The minimum atomic E-state index is -0.716. The van der Waals surface area contributed by atoms with Crippen molar-refractivity contribution in [2.24, 2.45) is 0 Å². The van der Waals surface area contributed by atoms with Gasteiger partial charge in [-0.1, -0.05) is 17.7 Å². The molecule has 0 spiro atoms. The fourth-order valence-electron chi connectivity index (χ4n) is 2.18. The molecular formula is C14H7ClO4. The van der Waals surface area contributed by atoms with Crippen LogP contribution < -0.4 is 0 Å². The van der Waals surface area contributed by atoms with Crippen LogP contribution >= 0.6 is 11.6 Å². The third-order valence-electron chi connectivity index (χ3n) is 3.09. The van der Waals surface area contributed by atoms with Crippen molar-refractivity contribution >= 4 is 40.0 Å². The lowest BCUT2D eigenvalue weighted by atomic mass is 9.91. The lowest BCUT2D eigenvalue weighted by Crippen LogP contribution is -2.16. The summed E-state index contributed by atoms with van der Waals surface area (Å²) in [5.41, 5.74) is 0.505. The number of rotatable bonds is 0. The fourth-order valence-corrected chi connectivity index (χ4v) is 2.57. The molecule has 0 aromatic heterocycles. The highest BCUT2D eigenvalue weighted by Gasteiger charge is 2.26. The lowest BCUT2D eigenvalue weighted by molar-refractivity contribution is -0.110. The van der Waals surface area contributed by atoms with Gasteiger partial charge in [0.2, 0.25) is 11.6 Å². The third-order valence-corrected chi connectivity index (χ3v) is 3.47. The standard InChI is InChI=1S/C14H7ClO4/c15-13-11-6(1-2-10(18)14(11)19)5-7-8(16)3-4-9(17)12(7)13/h1-5,16-17H. The van der Waals surface area contributed by atoms with Gasteiger partial charge < -0.3 is 10.2 Å². The van der Waals surface area contributed by atoms with Crippen LogP contribution in [0, 0.1) is 0 Å². The molecule has 2 aromatic rings. The fraction of sp³-hybridized carbons (Fsp3) is 0. The Kier molecular flexibility index (Phi) is 2.37. The predicted octanol–water partition coefficient (Wildman–Crippen LogP) is 2.68. The average molecular weight is 275 g/mol. The summed E-state index contributed by atoms with van der Waals surface area (Å²) in [7, 11) is 0. The van der Waals surface area contributed by atoms with Crippen LogP contribution in [0.4, 0.5) is 0 Å². The van der Waals surface area contributed by atoms with E-state index in [2.05, 4.69) is 0 Å². The first-order valence-electron chi connectivity index (χ1n) is 5.44. The number of Topliss-reactive ketones (excluding diaryl/α,β-unsaturated/α-hetero) is 1. The SMILES string of the molecule is O=C1C=Cc2cc3c(O)ccc(O)c3c(Cl)c2C1=O. The molecule has 0 heterocycles. The molecule has 0 amide bonds. The van der Waals surface area contributed by atoms with Crippen molar-refractivity contribution in [2.75, 3.05) is 0 Å². The molecule has 3 rings (SSSR count). The van der Waals surface area contributed by atoms with Crippen molar-refractivity contribution in [3.8, 4) is 11.5 Å². The number of phenols is 2. The van der Waals surface area contributed by atoms with Crippen LogP contribution in [0.15, 0.2) is 24.3 Å². The zero-order valence-electron chi connectivity index (χ0n) is 9.48. The number of carbonyl (C=O) groups excluding carboxylic acids is 2. The molecule has 5 heteroatoms. The molecule has 0 radical (unpaired) electrons. The van der Waals surface area contributed by atoms with E-state index in [1.807, 2.05) is 0 Å². The Hall–Kier alpha value is -2.33. The van der Waals surface area contributed by atoms with E-state index in [4.69, 9.17) is 11.6 Å². The van der Waals surface area contributed by atoms with Gasteiger partial charge in [0.25, 0.3) is 0 Å². The van der Waals surface area contributed by atoms with Crippen LogP contribution in [0.1, 0.15) is 15.9 Å². The average Bonchev–Trinajstić information content (AvgIpc) is 2.38. The number of phenolic OH excluding ortho intramolecular Hbond substituents is 2. The summed E-state index contributed by atoms with van der Waals surface area (Å²) in [5, 5.41) is 20.1. The van der Waals surface area contributed by atoms with Crippen LogP contribution in [0.2, 0.25) is 5.02 Å². The number of aromatic hydroxyl groups is 2.